The number of sulfonamides is 1. The molecular weight excluding hydrogens is 375 g/mol. The fourth-order valence-electron chi connectivity index (χ4n) is 2.31. The standard InChI is InChI=1S/C18H21FN2O5S/c1-12-4-5-13(19)10-15(12)21-18(22)8-9-20-27(23,24)14-6-7-16(25-2)17(11-14)26-3/h4-7,10-11,20H,8-9H2,1-3H3,(H,21,22). The summed E-state index contributed by atoms with van der Waals surface area (Å²) in [7, 11) is -0.976. The third-order valence-corrected chi connectivity index (χ3v) is 5.24. The Morgan fingerprint density at radius 1 is 1.07 bits per heavy atom. The lowest BCUT2D eigenvalue weighted by molar-refractivity contribution is -0.116. The maximum atomic E-state index is 13.2. The monoisotopic (exact) mass is 396 g/mol. The SMILES string of the molecule is COc1ccc(S(=O)(=O)NCCC(=O)Nc2cc(F)ccc2C)cc1OC. The highest BCUT2D eigenvalue weighted by molar-refractivity contribution is 7.89. The summed E-state index contributed by atoms with van der Waals surface area (Å²) >= 11 is 0. The number of carbonyl (C=O) groups is 1. The quantitative estimate of drug-likeness (QED) is 0.715. The Morgan fingerprint density at radius 2 is 1.78 bits per heavy atom. The summed E-state index contributed by atoms with van der Waals surface area (Å²) in [6.45, 7) is 1.62. The Labute approximate surface area is 157 Å². The average molecular weight is 396 g/mol. The number of hydrogen-bond acceptors (Lipinski definition) is 5. The van der Waals surface area contributed by atoms with Gasteiger partial charge in [-0.15, -0.1) is 0 Å². The van der Waals surface area contributed by atoms with Crippen LogP contribution in [-0.2, 0) is 14.8 Å². The summed E-state index contributed by atoms with van der Waals surface area (Å²) < 4.78 is 50.5. The van der Waals surface area contributed by atoms with Crippen molar-refractivity contribution in [3.63, 3.8) is 0 Å². The number of hydrogen-bond donors (Lipinski definition) is 2. The third-order valence-electron chi connectivity index (χ3n) is 3.78. The molecule has 2 aromatic carbocycles. The van der Waals surface area contributed by atoms with Gasteiger partial charge in [-0.1, -0.05) is 6.07 Å². The van der Waals surface area contributed by atoms with Crippen LogP contribution in [0.2, 0.25) is 0 Å². The molecule has 0 aliphatic heterocycles. The molecule has 2 N–H and O–H groups in total. The van der Waals surface area contributed by atoms with Gasteiger partial charge in [0.15, 0.2) is 11.5 Å². The Kier molecular flexibility index (Phi) is 6.75. The molecule has 0 aliphatic carbocycles. The van der Waals surface area contributed by atoms with Gasteiger partial charge in [0.2, 0.25) is 15.9 Å². The van der Waals surface area contributed by atoms with Crippen LogP contribution in [0.3, 0.4) is 0 Å². The fraction of sp³-hybridized carbons (Fsp3) is 0.278. The minimum Gasteiger partial charge on any atom is -0.493 e. The fourth-order valence-corrected chi connectivity index (χ4v) is 3.35. The van der Waals surface area contributed by atoms with Crippen LogP contribution in [0, 0.1) is 12.7 Å². The number of rotatable bonds is 8. The van der Waals surface area contributed by atoms with E-state index in [0.29, 0.717) is 17.0 Å². The highest BCUT2D eigenvalue weighted by Gasteiger charge is 2.17. The molecule has 0 heterocycles. The zero-order valence-electron chi connectivity index (χ0n) is 15.2. The molecule has 2 aromatic rings. The van der Waals surface area contributed by atoms with Crippen molar-refractivity contribution in [1.29, 1.82) is 0 Å². The highest BCUT2D eigenvalue weighted by atomic mass is 32.2. The predicted molar refractivity (Wildman–Crippen MR) is 99.1 cm³/mol. The van der Waals surface area contributed by atoms with Crippen LogP contribution in [0.15, 0.2) is 41.3 Å². The van der Waals surface area contributed by atoms with E-state index >= 15 is 0 Å². The van der Waals surface area contributed by atoms with Gasteiger partial charge in [0.1, 0.15) is 5.82 Å². The average Bonchev–Trinajstić information content (AvgIpc) is 2.63. The van der Waals surface area contributed by atoms with Gasteiger partial charge in [-0.3, -0.25) is 4.79 Å². The molecule has 1 amide bonds. The lowest BCUT2D eigenvalue weighted by Gasteiger charge is -2.11. The minimum absolute atomic E-state index is 0.0125. The zero-order valence-corrected chi connectivity index (χ0v) is 16.0. The second kappa shape index (κ2) is 8.83. The van der Waals surface area contributed by atoms with Gasteiger partial charge in [-0.2, -0.15) is 0 Å². The van der Waals surface area contributed by atoms with E-state index in [1.165, 1.54) is 44.6 Å². The maximum Gasteiger partial charge on any atom is 0.240 e. The number of anilines is 1. The molecular formula is C18H21FN2O5S. The smallest absolute Gasteiger partial charge is 0.240 e. The van der Waals surface area contributed by atoms with Crippen molar-refractivity contribution in [3.8, 4) is 11.5 Å². The van der Waals surface area contributed by atoms with Gasteiger partial charge >= 0.3 is 0 Å². The molecule has 0 aromatic heterocycles. The van der Waals surface area contributed by atoms with E-state index in [1.807, 2.05) is 0 Å². The summed E-state index contributed by atoms with van der Waals surface area (Å²) in [5.41, 5.74) is 1.05. The Balaban J connectivity index is 1.97. The topological polar surface area (TPSA) is 93.7 Å². The van der Waals surface area contributed by atoms with E-state index in [-0.39, 0.29) is 23.6 Å². The summed E-state index contributed by atoms with van der Waals surface area (Å²) in [6, 6.07) is 8.23. The van der Waals surface area contributed by atoms with Crippen molar-refractivity contribution in [1.82, 2.24) is 4.72 Å². The van der Waals surface area contributed by atoms with Gasteiger partial charge in [0, 0.05) is 24.7 Å². The van der Waals surface area contributed by atoms with Crippen LogP contribution in [-0.4, -0.2) is 35.1 Å². The molecule has 27 heavy (non-hydrogen) atoms. The summed E-state index contributed by atoms with van der Waals surface area (Å²) in [5.74, 6) is -0.218. The van der Waals surface area contributed by atoms with Crippen LogP contribution in [0.4, 0.5) is 10.1 Å². The van der Waals surface area contributed by atoms with Gasteiger partial charge in [-0.25, -0.2) is 17.5 Å². The normalized spacial score (nSPS) is 11.1. The van der Waals surface area contributed by atoms with Gasteiger partial charge < -0.3 is 14.8 Å². The molecule has 9 heteroatoms. The molecule has 0 fully saturated rings. The molecule has 7 nitrogen and oxygen atoms in total. The van der Waals surface area contributed by atoms with Gasteiger partial charge in [-0.05, 0) is 36.8 Å². The molecule has 0 unspecified atom stereocenters. The van der Waals surface area contributed by atoms with Crippen LogP contribution in [0.5, 0.6) is 11.5 Å². The molecule has 0 saturated heterocycles. The Bertz CT molecular complexity index is 931. The van der Waals surface area contributed by atoms with E-state index in [2.05, 4.69) is 10.0 Å². The number of benzene rings is 2. The van der Waals surface area contributed by atoms with E-state index in [9.17, 15) is 17.6 Å². The first-order chi connectivity index (χ1) is 12.8. The number of amides is 1. The molecule has 0 saturated carbocycles. The van der Waals surface area contributed by atoms with E-state index < -0.39 is 21.7 Å². The van der Waals surface area contributed by atoms with Crippen LogP contribution in [0.25, 0.3) is 0 Å². The van der Waals surface area contributed by atoms with Gasteiger partial charge in [0.05, 0.1) is 19.1 Å². The first-order valence-corrected chi connectivity index (χ1v) is 9.53. The summed E-state index contributed by atoms with van der Waals surface area (Å²) in [6.07, 6.45) is -0.109. The van der Waals surface area contributed by atoms with Crippen molar-refractivity contribution in [2.75, 3.05) is 26.1 Å². The van der Waals surface area contributed by atoms with Crippen molar-refractivity contribution in [2.24, 2.45) is 0 Å². The highest BCUT2D eigenvalue weighted by Crippen LogP contribution is 2.29. The predicted octanol–water partition coefficient (Wildman–Crippen LogP) is 2.46. The van der Waals surface area contributed by atoms with E-state index in [0.717, 1.165) is 0 Å². The largest absolute Gasteiger partial charge is 0.493 e. The number of nitrogens with one attached hydrogen (secondary N) is 2. The lowest BCUT2D eigenvalue weighted by Crippen LogP contribution is -2.28. The minimum atomic E-state index is -3.83. The summed E-state index contributed by atoms with van der Waals surface area (Å²) in [4.78, 5) is 12.0. The van der Waals surface area contributed by atoms with Crippen molar-refractivity contribution < 1.29 is 27.1 Å². The molecule has 0 bridgehead atoms. The summed E-state index contributed by atoms with van der Waals surface area (Å²) in [5, 5.41) is 2.56. The number of ether oxygens (including phenoxy) is 2. The molecule has 0 aliphatic rings. The number of methoxy groups -OCH3 is 2. The lowest BCUT2D eigenvalue weighted by atomic mass is 10.2. The van der Waals surface area contributed by atoms with Crippen molar-refractivity contribution in [2.45, 2.75) is 18.2 Å². The van der Waals surface area contributed by atoms with Crippen LogP contribution in [0.1, 0.15) is 12.0 Å². The number of halogens is 1. The van der Waals surface area contributed by atoms with Crippen LogP contribution < -0.4 is 19.5 Å². The van der Waals surface area contributed by atoms with Crippen LogP contribution >= 0.6 is 0 Å². The number of aryl methyl sites for hydroxylation is 1. The first-order valence-electron chi connectivity index (χ1n) is 8.04. The van der Waals surface area contributed by atoms with E-state index in [1.54, 1.807) is 13.0 Å². The van der Waals surface area contributed by atoms with Crippen molar-refractivity contribution >= 4 is 21.6 Å². The molecule has 2 rings (SSSR count). The second-order valence-electron chi connectivity index (χ2n) is 5.67. The zero-order chi connectivity index (χ0) is 20.0. The Morgan fingerprint density at radius 3 is 2.44 bits per heavy atom. The number of carbonyl (C=O) groups excluding carboxylic acids is 1. The van der Waals surface area contributed by atoms with Crippen molar-refractivity contribution in [3.05, 3.63) is 47.8 Å². The van der Waals surface area contributed by atoms with Gasteiger partial charge in [0.25, 0.3) is 0 Å². The van der Waals surface area contributed by atoms with E-state index in [4.69, 9.17) is 9.47 Å². The molecule has 0 spiro atoms. The second-order valence-corrected chi connectivity index (χ2v) is 7.44. The molecule has 0 atom stereocenters. The first kappa shape index (κ1) is 20.7. The third kappa shape index (κ3) is 5.41. The molecule has 0 radical (unpaired) electrons. The Hall–Kier alpha value is -2.65. The maximum absolute atomic E-state index is 13.2. The molecule has 146 valence electrons.